The third-order valence-corrected chi connectivity index (χ3v) is 4.73. The Labute approximate surface area is 163 Å². The summed E-state index contributed by atoms with van der Waals surface area (Å²) in [6, 6.07) is 6.85. The first-order chi connectivity index (χ1) is 12.4. The van der Waals surface area contributed by atoms with Gasteiger partial charge in [0.25, 0.3) is 5.91 Å². The van der Waals surface area contributed by atoms with Gasteiger partial charge in [0.05, 0.1) is 5.69 Å². The van der Waals surface area contributed by atoms with E-state index in [-0.39, 0.29) is 25.0 Å². The van der Waals surface area contributed by atoms with E-state index >= 15 is 0 Å². The summed E-state index contributed by atoms with van der Waals surface area (Å²) in [7, 11) is 0. The van der Waals surface area contributed by atoms with Gasteiger partial charge in [0.2, 0.25) is 5.91 Å². The van der Waals surface area contributed by atoms with Gasteiger partial charge in [-0.2, -0.15) is 0 Å². The molecule has 26 heavy (non-hydrogen) atoms. The van der Waals surface area contributed by atoms with Crippen LogP contribution in [0.4, 0.5) is 5.13 Å². The Kier molecular flexibility index (Phi) is 7.28. The number of halogens is 1. The third kappa shape index (κ3) is 5.63. The number of nitrogens with zero attached hydrogens (tertiary/aromatic N) is 2. The van der Waals surface area contributed by atoms with Gasteiger partial charge in [-0.15, -0.1) is 11.3 Å². The highest BCUT2D eigenvalue weighted by Gasteiger charge is 2.14. The van der Waals surface area contributed by atoms with Gasteiger partial charge in [-0.3, -0.25) is 19.3 Å². The molecule has 7 nitrogen and oxygen atoms in total. The van der Waals surface area contributed by atoms with Crippen LogP contribution in [0.5, 0.6) is 0 Å². The Morgan fingerprint density at radius 2 is 2.12 bits per heavy atom. The van der Waals surface area contributed by atoms with Gasteiger partial charge in [-0.25, -0.2) is 4.98 Å². The molecule has 1 N–H and O–H groups in total. The number of carbonyl (C=O) groups is 3. The van der Waals surface area contributed by atoms with Crippen molar-refractivity contribution in [1.29, 1.82) is 0 Å². The highest BCUT2D eigenvalue weighted by atomic mass is 79.9. The molecule has 0 aliphatic carbocycles. The number of amides is 2. The van der Waals surface area contributed by atoms with Crippen molar-refractivity contribution >= 4 is 50.2 Å². The second kappa shape index (κ2) is 9.44. The van der Waals surface area contributed by atoms with Crippen LogP contribution in [0.2, 0.25) is 0 Å². The zero-order valence-corrected chi connectivity index (χ0v) is 16.7. The van der Waals surface area contributed by atoms with Gasteiger partial charge in [0, 0.05) is 28.9 Å². The fourth-order valence-electron chi connectivity index (χ4n) is 2.07. The lowest BCUT2D eigenvalue weighted by atomic mass is 10.2. The van der Waals surface area contributed by atoms with Crippen molar-refractivity contribution in [3.05, 3.63) is 45.4 Å². The minimum atomic E-state index is -0.568. The van der Waals surface area contributed by atoms with E-state index in [1.807, 2.05) is 6.92 Å². The van der Waals surface area contributed by atoms with Crippen LogP contribution in [-0.2, 0) is 20.9 Å². The fourth-order valence-corrected chi connectivity index (χ4v) is 3.39. The normalized spacial score (nSPS) is 10.3. The Balaban J connectivity index is 1.81. The number of hydrogen-bond donors (Lipinski definition) is 1. The molecule has 0 radical (unpaired) electrons. The predicted octanol–water partition coefficient (Wildman–Crippen LogP) is 2.75. The highest BCUT2D eigenvalue weighted by Crippen LogP contribution is 2.21. The van der Waals surface area contributed by atoms with Crippen LogP contribution in [0.1, 0.15) is 29.9 Å². The van der Waals surface area contributed by atoms with Crippen LogP contribution in [-0.4, -0.2) is 35.9 Å². The number of benzene rings is 1. The standard InChI is InChI=1S/C17H18BrN3O4S/c1-3-21(11(2)22)17-20-14(10-26-17)9-25-15(23)8-19-16(24)12-5-4-6-13(18)7-12/h4-7,10H,3,8-9H2,1-2H3,(H,19,24). The molecule has 1 heterocycles. The molecule has 0 atom stereocenters. The van der Waals surface area contributed by atoms with Crippen molar-refractivity contribution in [2.24, 2.45) is 0 Å². The van der Waals surface area contributed by atoms with E-state index in [1.54, 1.807) is 29.6 Å². The van der Waals surface area contributed by atoms with Crippen molar-refractivity contribution in [3.63, 3.8) is 0 Å². The summed E-state index contributed by atoms with van der Waals surface area (Å²) in [6.07, 6.45) is 0. The summed E-state index contributed by atoms with van der Waals surface area (Å²) in [4.78, 5) is 41.1. The maximum Gasteiger partial charge on any atom is 0.325 e. The van der Waals surface area contributed by atoms with Crippen molar-refractivity contribution in [2.75, 3.05) is 18.0 Å². The predicted molar refractivity (Wildman–Crippen MR) is 102 cm³/mol. The minimum Gasteiger partial charge on any atom is -0.458 e. The fraction of sp³-hybridized carbons (Fsp3) is 0.294. The second-order valence-corrected chi connectivity index (χ2v) is 6.99. The monoisotopic (exact) mass is 439 g/mol. The van der Waals surface area contributed by atoms with Gasteiger partial charge < -0.3 is 10.1 Å². The molecule has 0 bridgehead atoms. The summed E-state index contributed by atoms with van der Waals surface area (Å²) in [5, 5.41) is 4.80. The molecule has 1 aromatic carbocycles. The van der Waals surface area contributed by atoms with Crippen molar-refractivity contribution in [2.45, 2.75) is 20.5 Å². The van der Waals surface area contributed by atoms with Crippen molar-refractivity contribution < 1.29 is 19.1 Å². The lowest BCUT2D eigenvalue weighted by Crippen LogP contribution is -2.30. The van der Waals surface area contributed by atoms with Crippen LogP contribution < -0.4 is 10.2 Å². The first kappa shape index (κ1) is 20.1. The Hall–Kier alpha value is -2.26. The first-order valence-corrected chi connectivity index (χ1v) is 9.50. The molecular weight excluding hydrogens is 422 g/mol. The number of esters is 1. The Morgan fingerprint density at radius 3 is 2.77 bits per heavy atom. The molecule has 0 saturated heterocycles. The topological polar surface area (TPSA) is 88.6 Å². The molecule has 9 heteroatoms. The number of hydrogen-bond acceptors (Lipinski definition) is 6. The number of rotatable bonds is 7. The average molecular weight is 440 g/mol. The summed E-state index contributed by atoms with van der Waals surface area (Å²) < 4.78 is 5.88. The van der Waals surface area contributed by atoms with E-state index in [2.05, 4.69) is 26.2 Å². The van der Waals surface area contributed by atoms with Gasteiger partial charge in [0.1, 0.15) is 13.2 Å². The average Bonchev–Trinajstić information content (AvgIpc) is 3.06. The molecule has 0 aliphatic rings. The lowest BCUT2D eigenvalue weighted by Gasteiger charge is -2.14. The molecule has 0 saturated carbocycles. The zero-order chi connectivity index (χ0) is 19.1. The number of anilines is 1. The van der Waals surface area contributed by atoms with E-state index in [4.69, 9.17) is 4.74 Å². The molecule has 2 amide bonds. The molecule has 0 aliphatic heterocycles. The largest absolute Gasteiger partial charge is 0.458 e. The van der Waals surface area contributed by atoms with E-state index in [1.165, 1.54) is 23.2 Å². The summed E-state index contributed by atoms with van der Waals surface area (Å²) in [5.74, 6) is -1.03. The maximum atomic E-state index is 12.0. The first-order valence-electron chi connectivity index (χ1n) is 7.82. The number of ether oxygens (including phenoxy) is 1. The minimum absolute atomic E-state index is 0.0163. The summed E-state index contributed by atoms with van der Waals surface area (Å²) >= 11 is 4.59. The maximum absolute atomic E-state index is 12.0. The van der Waals surface area contributed by atoms with E-state index in [0.29, 0.717) is 22.9 Å². The van der Waals surface area contributed by atoms with E-state index in [9.17, 15) is 14.4 Å². The molecule has 0 spiro atoms. The van der Waals surface area contributed by atoms with Crippen LogP contribution in [0.25, 0.3) is 0 Å². The molecule has 2 aromatic rings. The van der Waals surface area contributed by atoms with Gasteiger partial charge in [-0.1, -0.05) is 22.0 Å². The quantitative estimate of drug-likeness (QED) is 0.669. The highest BCUT2D eigenvalue weighted by molar-refractivity contribution is 9.10. The molecule has 1 aromatic heterocycles. The van der Waals surface area contributed by atoms with Crippen LogP contribution in [0, 0.1) is 0 Å². The van der Waals surface area contributed by atoms with Gasteiger partial charge >= 0.3 is 5.97 Å². The van der Waals surface area contributed by atoms with E-state index < -0.39 is 5.97 Å². The van der Waals surface area contributed by atoms with Crippen molar-refractivity contribution in [1.82, 2.24) is 10.3 Å². The molecule has 0 fully saturated rings. The third-order valence-electron chi connectivity index (χ3n) is 3.33. The number of nitrogens with one attached hydrogen (secondary N) is 1. The van der Waals surface area contributed by atoms with Crippen LogP contribution in [0.15, 0.2) is 34.1 Å². The Morgan fingerprint density at radius 1 is 1.35 bits per heavy atom. The zero-order valence-electron chi connectivity index (χ0n) is 14.3. The van der Waals surface area contributed by atoms with Crippen molar-refractivity contribution in [3.8, 4) is 0 Å². The Bertz CT molecular complexity index is 809. The lowest BCUT2D eigenvalue weighted by molar-refractivity contribution is -0.143. The molecular formula is C17H18BrN3O4S. The van der Waals surface area contributed by atoms with Crippen LogP contribution >= 0.6 is 27.3 Å². The molecule has 0 unspecified atom stereocenters. The second-order valence-electron chi connectivity index (χ2n) is 5.24. The number of aromatic nitrogens is 1. The number of carbonyl (C=O) groups excluding carboxylic acids is 3. The summed E-state index contributed by atoms with van der Waals surface area (Å²) in [6.45, 7) is 3.59. The van der Waals surface area contributed by atoms with Crippen LogP contribution in [0.3, 0.4) is 0 Å². The van der Waals surface area contributed by atoms with Gasteiger partial charge in [-0.05, 0) is 25.1 Å². The SMILES string of the molecule is CCN(C(C)=O)c1nc(COC(=O)CNC(=O)c2cccc(Br)c2)cs1. The summed E-state index contributed by atoms with van der Waals surface area (Å²) in [5.41, 5.74) is 0.997. The van der Waals surface area contributed by atoms with Gasteiger partial charge in [0.15, 0.2) is 5.13 Å². The van der Waals surface area contributed by atoms with E-state index in [0.717, 1.165) is 4.47 Å². The molecule has 138 valence electrons. The smallest absolute Gasteiger partial charge is 0.325 e. The molecule has 2 rings (SSSR count). The number of thiazole rings is 1.